The van der Waals surface area contributed by atoms with E-state index in [1.807, 2.05) is 30.3 Å². The number of nitrogens with one attached hydrogen (secondary N) is 1. The maximum absolute atomic E-state index is 12.2. The lowest BCUT2D eigenvalue weighted by atomic mass is 10.0. The number of hydrogen-bond donors (Lipinski definition) is 1. The number of thiophene rings is 1. The molecule has 0 saturated carbocycles. The third-order valence-electron chi connectivity index (χ3n) is 4.73. The summed E-state index contributed by atoms with van der Waals surface area (Å²) in [5.74, 6) is 0.173. The van der Waals surface area contributed by atoms with Gasteiger partial charge in [0.25, 0.3) is 0 Å². The topological polar surface area (TPSA) is 49.4 Å². The summed E-state index contributed by atoms with van der Waals surface area (Å²) in [4.78, 5) is 28.1. The number of Topliss-reactive ketones (excluding diaryl/α,β-unsaturated/α-hetero) is 1. The first-order chi connectivity index (χ1) is 12.7. The maximum Gasteiger partial charge on any atom is 0.220 e. The lowest BCUT2D eigenvalue weighted by Crippen LogP contribution is -2.47. The molecule has 1 amide bonds. The van der Waals surface area contributed by atoms with Crippen molar-refractivity contribution in [2.75, 3.05) is 13.1 Å². The molecular weight excluding hydrogens is 344 g/mol. The quantitative estimate of drug-likeness (QED) is 0.718. The Morgan fingerprint density at radius 1 is 1.12 bits per heavy atom. The summed E-state index contributed by atoms with van der Waals surface area (Å²) in [5.41, 5.74) is 0.726. The second-order valence-electron chi connectivity index (χ2n) is 6.86. The van der Waals surface area contributed by atoms with Crippen LogP contribution in [0.15, 0.2) is 47.8 Å². The maximum atomic E-state index is 12.2. The van der Waals surface area contributed by atoms with Gasteiger partial charge in [0.2, 0.25) is 5.91 Å². The highest BCUT2D eigenvalue weighted by Gasteiger charge is 2.21. The highest BCUT2D eigenvalue weighted by molar-refractivity contribution is 7.09. The van der Waals surface area contributed by atoms with Gasteiger partial charge in [-0.25, -0.2) is 0 Å². The van der Waals surface area contributed by atoms with E-state index in [2.05, 4.69) is 27.7 Å². The van der Waals surface area contributed by atoms with Gasteiger partial charge in [-0.3, -0.25) is 14.5 Å². The summed E-state index contributed by atoms with van der Waals surface area (Å²) in [6.45, 7) is 2.97. The van der Waals surface area contributed by atoms with Crippen LogP contribution in [0.5, 0.6) is 0 Å². The summed E-state index contributed by atoms with van der Waals surface area (Å²) in [6, 6.07) is 13.8. The molecule has 3 rings (SSSR count). The van der Waals surface area contributed by atoms with Crippen molar-refractivity contribution in [3.8, 4) is 0 Å². The molecule has 5 heteroatoms. The van der Waals surface area contributed by atoms with Gasteiger partial charge in [-0.2, -0.15) is 0 Å². The van der Waals surface area contributed by atoms with Crippen LogP contribution in [0.1, 0.15) is 47.3 Å². The molecule has 1 aliphatic rings. The van der Waals surface area contributed by atoms with Crippen LogP contribution < -0.4 is 5.32 Å². The van der Waals surface area contributed by atoms with Gasteiger partial charge in [0.05, 0.1) is 0 Å². The minimum atomic E-state index is 0.0637. The number of carbonyl (C=O) groups is 2. The Kier molecular flexibility index (Phi) is 6.97. The van der Waals surface area contributed by atoms with Gasteiger partial charge in [-0.05, 0) is 37.3 Å². The smallest absolute Gasteiger partial charge is 0.220 e. The van der Waals surface area contributed by atoms with Gasteiger partial charge in [-0.15, -0.1) is 11.3 Å². The van der Waals surface area contributed by atoms with Crippen LogP contribution in [0.25, 0.3) is 0 Å². The SMILES string of the molecule is O=C(CCCC(=O)c1ccccc1)NC1CCCN(Cc2cccs2)C1. The predicted molar refractivity (Wildman–Crippen MR) is 105 cm³/mol. The fourth-order valence-electron chi connectivity index (χ4n) is 3.42. The second-order valence-corrected chi connectivity index (χ2v) is 7.90. The van der Waals surface area contributed by atoms with Crippen molar-refractivity contribution in [3.05, 3.63) is 58.3 Å². The standard InChI is InChI=1S/C21H26N2O2S/c24-20(17-7-2-1-3-8-17)11-4-12-21(25)22-18-9-5-13-23(15-18)16-19-10-6-14-26-19/h1-3,6-8,10,14,18H,4-5,9,11-13,15-16H2,(H,22,25). The normalized spacial score (nSPS) is 17.8. The third kappa shape index (κ3) is 5.78. The lowest BCUT2D eigenvalue weighted by Gasteiger charge is -2.32. The molecule has 1 unspecified atom stereocenters. The summed E-state index contributed by atoms with van der Waals surface area (Å²) in [5, 5.41) is 5.26. The first kappa shape index (κ1) is 18.8. The van der Waals surface area contributed by atoms with E-state index in [1.165, 1.54) is 4.88 Å². The van der Waals surface area contributed by atoms with Crippen LogP contribution in [0, 0.1) is 0 Å². The van der Waals surface area contributed by atoms with Crippen LogP contribution >= 0.6 is 11.3 Å². The van der Waals surface area contributed by atoms with Crippen LogP contribution in [0.2, 0.25) is 0 Å². The van der Waals surface area contributed by atoms with Crippen molar-refractivity contribution < 1.29 is 9.59 Å². The Morgan fingerprint density at radius 2 is 1.96 bits per heavy atom. The lowest BCUT2D eigenvalue weighted by molar-refractivity contribution is -0.122. The highest BCUT2D eigenvalue weighted by Crippen LogP contribution is 2.17. The number of benzene rings is 1. The van der Waals surface area contributed by atoms with Crippen molar-refractivity contribution in [2.45, 2.75) is 44.7 Å². The largest absolute Gasteiger partial charge is 0.352 e. The van der Waals surface area contributed by atoms with E-state index >= 15 is 0 Å². The molecular formula is C21H26N2O2S. The van der Waals surface area contributed by atoms with E-state index in [4.69, 9.17) is 0 Å². The molecule has 1 fully saturated rings. The fourth-order valence-corrected chi connectivity index (χ4v) is 4.16. The summed E-state index contributed by atoms with van der Waals surface area (Å²) in [6.07, 6.45) is 3.59. The molecule has 1 aliphatic heterocycles. The van der Waals surface area contributed by atoms with Crippen molar-refractivity contribution in [2.24, 2.45) is 0 Å². The number of amides is 1. The van der Waals surface area contributed by atoms with Gasteiger partial charge < -0.3 is 5.32 Å². The molecule has 1 aromatic carbocycles. The summed E-state index contributed by atoms with van der Waals surface area (Å²) < 4.78 is 0. The number of rotatable bonds is 8. The molecule has 2 heterocycles. The van der Waals surface area contributed by atoms with E-state index in [9.17, 15) is 9.59 Å². The minimum Gasteiger partial charge on any atom is -0.352 e. The molecule has 26 heavy (non-hydrogen) atoms. The monoisotopic (exact) mass is 370 g/mol. The molecule has 1 saturated heterocycles. The molecule has 1 aromatic heterocycles. The van der Waals surface area contributed by atoms with E-state index in [-0.39, 0.29) is 17.7 Å². The molecule has 1 N–H and O–H groups in total. The van der Waals surface area contributed by atoms with Gasteiger partial charge >= 0.3 is 0 Å². The molecule has 138 valence electrons. The molecule has 0 spiro atoms. The van der Waals surface area contributed by atoms with Crippen molar-refractivity contribution in [1.29, 1.82) is 0 Å². The van der Waals surface area contributed by atoms with E-state index in [0.29, 0.717) is 19.3 Å². The van der Waals surface area contributed by atoms with Gasteiger partial charge in [-0.1, -0.05) is 36.4 Å². The van der Waals surface area contributed by atoms with E-state index in [0.717, 1.165) is 38.0 Å². The molecule has 0 bridgehead atoms. The summed E-state index contributed by atoms with van der Waals surface area (Å²) >= 11 is 1.78. The number of carbonyl (C=O) groups excluding carboxylic acids is 2. The zero-order valence-corrected chi connectivity index (χ0v) is 15.8. The minimum absolute atomic E-state index is 0.0637. The molecule has 2 aromatic rings. The molecule has 4 nitrogen and oxygen atoms in total. The van der Waals surface area contributed by atoms with E-state index < -0.39 is 0 Å². The first-order valence-electron chi connectivity index (χ1n) is 9.33. The van der Waals surface area contributed by atoms with Crippen molar-refractivity contribution in [1.82, 2.24) is 10.2 Å². The van der Waals surface area contributed by atoms with Crippen LogP contribution in [0.3, 0.4) is 0 Å². The summed E-state index contributed by atoms with van der Waals surface area (Å²) in [7, 11) is 0. The second kappa shape index (κ2) is 9.64. The van der Waals surface area contributed by atoms with Gasteiger partial charge in [0, 0.05) is 42.4 Å². The Bertz CT molecular complexity index is 700. The third-order valence-corrected chi connectivity index (χ3v) is 5.59. The zero-order valence-electron chi connectivity index (χ0n) is 15.0. The Morgan fingerprint density at radius 3 is 2.73 bits per heavy atom. The van der Waals surface area contributed by atoms with E-state index in [1.54, 1.807) is 11.3 Å². The van der Waals surface area contributed by atoms with Crippen LogP contribution in [0.4, 0.5) is 0 Å². The molecule has 0 radical (unpaired) electrons. The van der Waals surface area contributed by atoms with Crippen LogP contribution in [-0.4, -0.2) is 35.7 Å². The Balaban J connectivity index is 1.37. The van der Waals surface area contributed by atoms with Crippen molar-refractivity contribution >= 4 is 23.0 Å². The number of nitrogens with zero attached hydrogens (tertiary/aromatic N) is 1. The average Bonchev–Trinajstić information content (AvgIpc) is 3.15. The number of ketones is 1. The first-order valence-corrected chi connectivity index (χ1v) is 10.2. The molecule has 1 atom stereocenters. The van der Waals surface area contributed by atoms with Crippen LogP contribution in [-0.2, 0) is 11.3 Å². The highest BCUT2D eigenvalue weighted by atomic mass is 32.1. The Hall–Kier alpha value is -1.98. The van der Waals surface area contributed by atoms with Gasteiger partial charge in [0.15, 0.2) is 5.78 Å². The molecule has 0 aliphatic carbocycles. The fraction of sp³-hybridized carbons (Fsp3) is 0.429. The number of likely N-dealkylation sites (tertiary alicyclic amines) is 1. The number of hydrogen-bond acceptors (Lipinski definition) is 4. The Labute approximate surface area is 159 Å². The van der Waals surface area contributed by atoms with Crippen molar-refractivity contribution in [3.63, 3.8) is 0 Å². The van der Waals surface area contributed by atoms with Gasteiger partial charge in [0.1, 0.15) is 0 Å². The predicted octanol–water partition coefficient (Wildman–Crippen LogP) is 3.88. The number of piperidine rings is 1. The zero-order chi connectivity index (χ0) is 18.2. The average molecular weight is 371 g/mol.